The quantitative estimate of drug-likeness (QED) is 0.672. The summed E-state index contributed by atoms with van der Waals surface area (Å²) in [4.78, 5) is 31.9. The summed E-state index contributed by atoms with van der Waals surface area (Å²) in [5.41, 5.74) is 6.01. The molecule has 114 valence electrons. The van der Waals surface area contributed by atoms with Gasteiger partial charge in [-0.05, 0) is 38.8 Å². The topological polar surface area (TPSA) is 101 Å². The molecule has 7 heteroatoms. The molecule has 0 unspecified atom stereocenters. The van der Waals surface area contributed by atoms with Gasteiger partial charge in [-0.3, -0.25) is 9.59 Å². The number of nitrogens with two attached hydrogens (primary N) is 1. The lowest BCUT2D eigenvalue weighted by Gasteiger charge is -2.04. The molecule has 4 N–H and O–H groups in total. The number of primary amides is 1. The molecule has 0 aliphatic carbocycles. The van der Waals surface area contributed by atoms with Gasteiger partial charge in [0.25, 0.3) is 5.56 Å². The number of rotatable bonds is 7. The van der Waals surface area contributed by atoms with Crippen molar-refractivity contribution >= 4 is 27.5 Å². The molecule has 0 aliphatic rings. The first-order valence-electron chi connectivity index (χ1n) is 6.97. The number of H-pyrrole nitrogens is 1. The lowest BCUT2D eigenvalue weighted by atomic mass is 10.2. The van der Waals surface area contributed by atoms with Crippen LogP contribution in [0.1, 0.15) is 35.5 Å². The van der Waals surface area contributed by atoms with Crippen molar-refractivity contribution in [3.63, 3.8) is 0 Å². The summed E-state index contributed by atoms with van der Waals surface area (Å²) in [6.07, 6.45) is 2.05. The fourth-order valence-corrected chi connectivity index (χ4v) is 3.19. The molecule has 0 radical (unpaired) electrons. The van der Waals surface area contributed by atoms with Gasteiger partial charge in [-0.2, -0.15) is 0 Å². The summed E-state index contributed by atoms with van der Waals surface area (Å²) < 4.78 is 0. The Balaban J connectivity index is 1.94. The summed E-state index contributed by atoms with van der Waals surface area (Å²) in [5, 5.41) is 3.91. The fraction of sp³-hybridized carbons (Fsp3) is 0.500. The van der Waals surface area contributed by atoms with Crippen molar-refractivity contribution in [1.29, 1.82) is 0 Å². The van der Waals surface area contributed by atoms with Crippen LogP contribution in [0, 0.1) is 13.8 Å². The zero-order valence-corrected chi connectivity index (χ0v) is 13.1. The molecule has 2 aromatic rings. The highest BCUT2D eigenvalue weighted by Crippen LogP contribution is 2.25. The van der Waals surface area contributed by atoms with Crippen LogP contribution in [0.2, 0.25) is 0 Å². The van der Waals surface area contributed by atoms with Crippen LogP contribution >= 0.6 is 11.3 Å². The minimum Gasteiger partial charge on any atom is -0.370 e. The van der Waals surface area contributed by atoms with E-state index >= 15 is 0 Å². The van der Waals surface area contributed by atoms with E-state index in [2.05, 4.69) is 15.3 Å². The Labute approximate surface area is 126 Å². The number of nitrogens with one attached hydrogen (secondary N) is 2. The summed E-state index contributed by atoms with van der Waals surface area (Å²) in [7, 11) is 0. The molecule has 0 aromatic carbocycles. The molecule has 0 saturated heterocycles. The Morgan fingerprint density at radius 2 is 2.14 bits per heavy atom. The molecule has 0 bridgehead atoms. The van der Waals surface area contributed by atoms with Gasteiger partial charge in [-0.1, -0.05) is 0 Å². The lowest BCUT2D eigenvalue weighted by Crippen LogP contribution is -2.20. The average Bonchev–Trinajstić information content (AvgIpc) is 2.69. The van der Waals surface area contributed by atoms with E-state index in [1.165, 1.54) is 0 Å². The highest BCUT2D eigenvalue weighted by Gasteiger charge is 2.11. The Morgan fingerprint density at radius 1 is 1.38 bits per heavy atom. The third-order valence-corrected chi connectivity index (χ3v) is 4.51. The molecule has 21 heavy (non-hydrogen) atoms. The maximum absolute atomic E-state index is 12.1. The van der Waals surface area contributed by atoms with Crippen molar-refractivity contribution in [3.05, 3.63) is 26.6 Å². The molecule has 1 amide bonds. The Morgan fingerprint density at radius 3 is 2.86 bits per heavy atom. The Kier molecular flexibility index (Phi) is 5.08. The zero-order valence-electron chi connectivity index (χ0n) is 12.3. The third kappa shape index (κ3) is 3.89. The second-order valence-electron chi connectivity index (χ2n) is 5.08. The predicted octanol–water partition coefficient (Wildman–Crippen LogP) is 1.35. The number of unbranched alkanes of at least 4 members (excludes halogenated alkanes) is 1. The predicted molar refractivity (Wildman–Crippen MR) is 84.5 cm³/mol. The second kappa shape index (κ2) is 6.82. The van der Waals surface area contributed by atoms with E-state index in [0.717, 1.165) is 34.7 Å². The normalized spacial score (nSPS) is 11.1. The van der Waals surface area contributed by atoms with E-state index in [1.807, 2.05) is 13.8 Å². The highest BCUT2D eigenvalue weighted by molar-refractivity contribution is 7.18. The number of nitrogens with zero attached hydrogens (tertiary/aromatic N) is 1. The van der Waals surface area contributed by atoms with Crippen LogP contribution in [-0.2, 0) is 11.3 Å². The zero-order chi connectivity index (χ0) is 15.4. The van der Waals surface area contributed by atoms with Gasteiger partial charge in [-0.15, -0.1) is 11.3 Å². The smallest absolute Gasteiger partial charge is 0.259 e. The van der Waals surface area contributed by atoms with Gasteiger partial charge in [0.15, 0.2) is 0 Å². The molecule has 0 aliphatic heterocycles. The van der Waals surface area contributed by atoms with Crippen LogP contribution in [0.15, 0.2) is 4.79 Å². The molecular formula is C14H20N4O2S. The van der Waals surface area contributed by atoms with Crippen molar-refractivity contribution in [2.24, 2.45) is 5.73 Å². The van der Waals surface area contributed by atoms with Gasteiger partial charge in [-0.25, -0.2) is 4.98 Å². The number of hydrogen-bond acceptors (Lipinski definition) is 5. The van der Waals surface area contributed by atoms with Crippen molar-refractivity contribution in [2.75, 3.05) is 6.54 Å². The SMILES string of the molecule is Cc1sc2nc(CNCCCCC(N)=O)[nH]c(=O)c2c1C. The van der Waals surface area contributed by atoms with Crippen LogP contribution in [-0.4, -0.2) is 22.4 Å². The number of aromatic amines is 1. The first kappa shape index (κ1) is 15.7. The van der Waals surface area contributed by atoms with Gasteiger partial charge in [0.05, 0.1) is 11.9 Å². The van der Waals surface area contributed by atoms with Gasteiger partial charge in [0, 0.05) is 11.3 Å². The minimum absolute atomic E-state index is 0.0765. The molecule has 0 spiro atoms. The fourth-order valence-electron chi connectivity index (χ4n) is 2.14. The van der Waals surface area contributed by atoms with Crippen molar-refractivity contribution in [2.45, 2.75) is 39.7 Å². The van der Waals surface area contributed by atoms with Crippen molar-refractivity contribution < 1.29 is 4.79 Å². The van der Waals surface area contributed by atoms with Crippen LogP contribution in [0.3, 0.4) is 0 Å². The van der Waals surface area contributed by atoms with Gasteiger partial charge >= 0.3 is 0 Å². The van der Waals surface area contributed by atoms with Gasteiger partial charge < -0.3 is 16.0 Å². The Bertz CT molecular complexity index is 705. The molecule has 2 heterocycles. The number of carbonyl (C=O) groups excluding carboxylic acids is 1. The highest BCUT2D eigenvalue weighted by atomic mass is 32.1. The molecule has 2 rings (SSSR count). The van der Waals surface area contributed by atoms with Crippen molar-refractivity contribution in [3.8, 4) is 0 Å². The van der Waals surface area contributed by atoms with Gasteiger partial charge in [0.1, 0.15) is 10.7 Å². The van der Waals surface area contributed by atoms with E-state index < -0.39 is 0 Å². The summed E-state index contributed by atoms with van der Waals surface area (Å²) in [5.74, 6) is 0.374. The minimum atomic E-state index is -0.269. The van der Waals surface area contributed by atoms with Gasteiger partial charge in [0.2, 0.25) is 5.91 Å². The van der Waals surface area contributed by atoms with E-state index in [4.69, 9.17) is 5.73 Å². The van der Waals surface area contributed by atoms with E-state index in [-0.39, 0.29) is 11.5 Å². The number of aryl methyl sites for hydroxylation is 2. The number of amides is 1. The number of fused-ring (bicyclic) bond motifs is 1. The molecule has 6 nitrogen and oxygen atoms in total. The molecule has 2 aromatic heterocycles. The third-order valence-electron chi connectivity index (χ3n) is 3.41. The average molecular weight is 308 g/mol. The van der Waals surface area contributed by atoms with Crippen LogP contribution in [0.25, 0.3) is 10.2 Å². The summed E-state index contributed by atoms with van der Waals surface area (Å²) >= 11 is 1.55. The number of carbonyl (C=O) groups is 1. The monoisotopic (exact) mass is 308 g/mol. The standard InChI is InChI=1S/C14H20N4O2S/c1-8-9(2)21-14-12(8)13(20)17-11(18-14)7-16-6-4-3-5-10(15)19/h16H,3-7H2,1-2H3,(H2,15,19)(H,17,18,20). The molecule has 0 saturated carbocycles. The van der Waals surface area contributed by atoms with E-state index in [1.54, 1.807) is 11.3 Å². The number of thiophene rings is 1. The van der Waals surface area contributed by atoms with Crippen LogP contribution < -0.4 is 16.6 Å². The largest absolute Gasteiger partial charge is 0.370 e. The number of aromatic nitrogens is 2. The van der Waals surface area contributed by atoms with Crippen molar-refractivity contribution in [1.82, 2.24) is 15.3 Å². The molecule has 0 fully saturated rings. The first-order valence-corrected chi connectivity index (χ1v) is 7.78. The first-order chi connectivity index (χ1) is 9.99. The molecular weight excluding hydrogens is 288 g/mol. The van der Waals surface area contributed by atoms with Crippen LogP contribution in [0.5, 0.6) is 0 Å². The Hall–Kier alpha value is -1.73. The second-order valence-corrected chi connectivity index (χ2v) is 6.28. The molecule has 0 atom stereocenters. The van der Waals surface area contributed by atoms with E-state index in [9.17, 15) is 9.59 Å². The summed E-state index contributed by atoms with van der Waals surface area (Å²) in [6.45, 7) is 5.22. The summed E-state index contributed by atoms with van der Waals surface area (Å²) in [6, 6.07) is 0. The maximum atomic E-state index is 12.1. The van der Waals surface area contributed by atoms with E-state index in [0.29, 0.717) is 24.2 Å². The lowest BCUT2D eigenvalue weighted by molar-refractivity contribution is -0.118. The maximum Gasteiger partial charge on any atom is 0.259 e. The van der Waals surface area contributed by atoms with Crippen LogP contribution in [0.4, 0.5) is 0 Å². The number of hydrogen-bond donors (Lipinski definition) is 3.